The molecule has 2 aromatic rings. The highest BCUT2D eigenvalue weighted by Crippen LogP contribution is 2.17. The van der Waals surface area contributed by atoms with Crippen molar-refractivity contribution in [2.75, 3.05) is 0 Å². The quantitative estimate of drug-likeness (QED) is 0.856. The van der Waals surface area contributed by atoms with Gasteiger partial charge in [0.15, 0.2) is 0 Å². The van der Waals surface area contributed by atoms with Crippen molar-refractivity contribution in [3.63, 3.8) is 0 Å². The molecule has 0 fully saturated rings. The van der Waals surface area contributed by atoms with E-state index in [1.54, 1.807) is 35.9 Å². The van der Waals surface area contributed by atoms with Crippen molar-refractivity contribution in [2.45, 2.75) is 13.0 Å². The molecule has 0 saturated carbocycles. The van der Waals surface area contributed by atoms with Gasteiger partial charge in [-0.3, -0.25) is 9.78 Å². The second-order valence-corrected chi connectivity index (χ2v) is 4.84. The lowest BCUT2D eigenvalue weighted by Crippen LogP contribution is -2.23. The van der Waals surface area contributed by atoms with Crippen LogP contribution in [0.2, 0.25) is 0 Å². The minimum Gasteiger partial charge on any atom is -0.345 e. The molecule has 3 nitrogen and oxygen atoms in total. The fraction of sp³-hybridized carbons (Fsp3) is 0.143. The predicted octanol–water partition coefficient (Wildman–Crippen LogP) is 3.03. The maximum absolute atomic E-state index is 11.7. The van der Waals surface area contributed by atoms with Crippen LogP contribution in [0, 0.1) is 0 Å². The van der Waals surface area contributed by atoms with E-state index >= 15 is 0 Å². The molecule has 1 atom stereocenters. The Balaban J connectivity index is 1.91. The van der Waals surface area contributed by atoms with Crippen molar-refractivity contribution in [3.8, 4) is 0 Å². The molecule has 0 saturated heterocycles. The van der Waals surface area contributed by atoms with Crippen LogP contribution in [0.5, 0.6) is 0 Å². The van der Waals surface area contributed by atoms with Gasteiger partial charge in [0.05, 0.1) is 6.04 Å². The third-order valence-corrected chi connectivity index (χ3v) is 3.52. The van der Waals surface area contributed by atoms with Crippen molar-refractivity contribution in [1.82, 2.24) is 10.3 Å². The van der Waals surface area contributed by atoms with Crippen LogP contribution in [0.25, 0.3) is 6.08 Å². The molecular weight excluding hydrogens is 244 g/mol. The van der Waals surface area contributed by atoms with Crippen LogP contribution in [-0.4, -0.2) is 10.9 Å². The van der Waals surface area contributed by atoms with E-state index in [4.69, 9.17) is 0 Å². The Kier molecular flexibility index (Phi) is 4.25. The highest BCUT2D eigenvalue weighted by molar-refractivity contribution is 7.10. The van der Waals surface area contributed by atoms with E-state index in [1.807, 2.05) is 36.6 Å². The molecule has 0 aliphatic carbocycles. The van der Waals surface area contributed by atoms with Crippen LogP contribution in [-0.2, 0) is 4.79 Å². The van der Waals surface area contributed by atoms with Crippen LogP contribution >= 0.6 is 11.3 Å². The van der Waals surface area contributed by atoms with E-state index in [0.717, 1.165) is 10.4 Å². The standard InChI is InChI=1S/C14H14N2OS/c1-11(13-3-2-10-18-13)16-14(17)5-4-12-6-8-15-9-7-12/h2-11H,1H3,(H,16,17). The van der Waals surface area contributed by atoms with Crippen molar-refractivity contribution >= 4 is 23.3 Å². The lowest BCUT2D eigenvalue weighted by atomic mass is 10.2. The van der Waals surface area contributed by atoms with Gasteiger partial charge < -0.3 is 5.32 Å². The number of nitrogens with one attached hydrogen (secondary N) is 1. The Morgan fingerprint density at radius 2 is 2.17 bits per heavy atom. The molecule has 1 amide bonds. The zero-order chi connectivity index (χ0) is 12.8. The van der Waals surface area contributed by atoms with Gasteiger partial charge in [-0.25, -0.2) is 0 Å². The smallest absolute Gasteiger partial charge is 0.244 e. The number of nitrogens with zero attached hydrogens (tertiary/aromatic N) is 1. The number of rotatable bonds is 4. The molecular formula is C14H14N2OS. The molecule has 0 spiro atoms. The van der Waals surface area contributed by atoms with E-state index in [0.29, 0.717) is 0 Å². The van der Waals surface area contributed by atoms with E-state index in [-0.39, 0.29) is 11.9 Å². The summed E-state index contributed by atoms with van der Waals surface area (Å²) in [4.78, 5) is 16.8. The summed E-state index contributed by atoms with van der Waals surface area (Å²) in [5.41, 5.74) is 0.962. The van der Waals surface area contributed by atoms with E-state index in [9.17, 15) is 4.79 Å². The molecule has 2 heterocycles. The number of carbonyl (C=O) groups is 1. The number of hydrogen-bond donors (Lipinski definition) is 1. The second kappa shape index (κ2) is 6.12. The molecule has 92 valence electrons. The SMILES string of the molecule is CC(NC(=O)C=Cc1ccncc1)c1cccs1. The second-order valence-electron chi connectivity index (χ2n) is 3.86. The normalized spacial score (nSPS) is 12.5. The average Bonchev–Trinajstić information content (AvgIpc) is 2.91. The predicted molar refractivity (Wildman–Crippen MR) is 74.1 cm³/mol. The molecule has 0 radical (unpaired) electrons. The molecule has 2 rings (SSSR count). The van der Waals surface area contributed by atoms with Gasteiger partial charge in [0.25, 0.3) is 0 Å². The first kappa shape index (κ1) is 12.5. The van der Waals surface area contributed by atoms with Crippen molar-refractivity contribution in [1.29, 1.82) is 0 Å². The summed E-state index contributed by atoms with van der Waals surface area (Å²) in [5, 5.41) is 4.93. The summed E-state index contributed by atoms with van der Waals surface area (Å²) in [5.74, 6) is -0.0901. The van der Waals surface area contributed by atoms with Crippen molar-refractivity contribution in [3.05, 3.63) is 58.6 Å². The molecule has 1 unspecified atom stereocenters. The molecule has 0 bridgehead atoms. The third kappa shape index (κ3) is 3.53. The summed E-state index contributed by atoms with van der Waals surface area (Å²) < 4.78 is 0. The summed E-state index contributed by atoms with van der Waals surface area (Å²) in [6.07, 6.45) is 6.72. The van der Waals surface area contributed by atoms with Crippen LogP contribution in [0.3, 0.4) is 0 Å². The fourth-order valence-corrected chi connectivity index (χ4v) is 2.25. The fourth-order valence-electron chi connectivity index (χ4n) is 1.52. The Morgan fingerprint density at radius 3 is 2.83 bits per heavy atom. The summed E-state index contributed by atoms with van der Waals surface area (Å²) in [6, 6.07) is 7.75. The Labute approximate surface area is 110 Å². The van der Waals surface area contributed by atoms with Gasteiger partial charge in [-0.1, -0.05) is 6.07 Å². The van der Waals surface area contributed by atoms with Crippen LogP contribution in [0.15, 0.2) is 48.1 Å². The van der Waals surface area contributed by atoms with Gasteiger partial charge in [0, 0.05) is 23.3 Å². The van der Waals surface area contributed by atoms with Crippen LogP contribution in [0.1, 0.15) is 23.4 Å². The number of aromatic nitrogens is 1. The first-order valence-corrected chi connectivity index (χ1v) is 6.55. The van der Waals surface area contributed by atoms with Crippen LogP contribution < -0.4 is 5.32 Å². The highest BCUT2D eigenvalue weighted by Gasteiger charge is 2.07. The topological polar surface area (TPSA) is 42.0 Å². The highest BCUT2D eigenvalue weighted by atomic mass is 32.1. The number of carbonyl (C=O) groups excluding carboxylic acids is 1. The Hall–Kier alpha value is -1.94. The van der Waals surface area contributed by atoms with Gasteiger partial charge in [-0.05, 0) is 42.1 Å². The lowest BCUT2D eigenvalue weighted by Gasteiger charge is -2.09. The summed E-state index contributed by atoms with van der Waals surface area (Å²) in [7, 11) is 0. The maximum Gasteiger partial charge on any atom is 0.244 e. The minimum atomic E-state index is -0.0901. The minimum absolute atomic E-state index is 0.0413. The first-order chi connectivity index (χ1) is 8.75. The van der Waals surface area contributed by atoms with Gasteiger partial charge in [-0.2, -0.15) is 0 Å². The largest absolute Gasteiger partial charge is 0.345 e. The van der Waals surface area contributed by atoms with E-state index < -0.39 is 0 Å². The van der Waals surface area contributed by atoms with E-state index in [2.05, 4.69) is 10.3 Å². The number of thiophene rings is 1. The molecule has 0 aromatic carbocycles. The van der Waals surface area contributed by atoms with E-state index in [1.165, 1.54) is 0 Å². The monoisotopic (exact) mass is 258 g/mol. The number of pyridine rings is 1. The third-order valence-electron chi connectivity index (χ3n) is 2.46. The van der Waals surface area contributed by atoms with Crippen LogP contribution in [0.4, 0.5) is 0 Å². The number of amides is 1. The average molecular weight is 258 g/mol. The summed E-state index contributed by atoms with van der Waals surface area (Å²) in [6.45, 7) is 1.98. The molecule has 18 heavy (non-hydrogen) atoms. The lowest BCUT2D eigenvalue weighted by molar-refractivity contribution is -0.117. The van der Waals surface area contributed by atoms with Gasteiger partial charge >= 0.3 is 0 Å². The summed E-state index contributed by atoms with van der Waals surface area (Å²) >= 11 is 1.64. The van der Waals surface area contributed by atoms with Crippen molar-refractivity contribution < 1.29 is 4.79 Å². The van der Waals surface area contributed by atoms with Crippen molar-refractivity contribution in [2.24, 2.45) is 0 Å². The molecule has 0 aliphatic heterocycles. The number of hydrogen-bond acceptors (Lipinski definition) is 3. The van der Waals surface area contributed by atoms with Gasteiger partial charge in [0.1, 0.15) is 0 Å². The molecule has 4 heteroatoms. The molecule has 0 aliphatic rings. The van der Waals surface area contributed by atoms with Gasteiger partial charge in [0.2, 0.25) is 5.91 Å². The zero-order valence-corrected chi connectivity index (χ0v) is 10.9. The van der Waals surface area contributed by atoms with Gasteiger partial charge in [-0.15, -0.1) is 11.3 Å². The Morgan fingerprint density at radius 1 is 1.39 bits per heavy atom. The maximum atomic E-state index is 11.7. The molecule has 1 N–H and O–H groups in total. The Bertz CT molecular complexity index is 520. The first-order valence-electron chi connectivity index (χ1n) is 5.68. The molecule has 2 aromatic heterocycles. The zero-order valence-electron chi connectivity index (χ0n) is 10.0.